The van der Waals surface area contributed by atoms with Crippen LogP contribution in [0.25, 0.3) is 0 Å². The summed E-state index contributed by atoms with van der Waals surface area (Å²) in [5, 5.41) is 0. The smallest absolute Gasteiger partial charge is 0.431 e. The van der Waals surface area contributed by atoms with Crippen molar-refractivity contribution in [2.75, 3.05) is 0 Å². The summed E-state index contributed by atoms with van der Waals surface area (Å²) in [7, 11) is -1.73. The summed E-state index contributed by atoms with van der Waals surface area (Å²) in [5.74, 6) is 0. The normalized spacial score (nSPS) is 17.9. The number of nitrogens with zero attached hydrogens (tertiary/aromatic N) is 2. The lowest BCUT2D eigenvalue weighted by Gasteiger charge is -2.24. The molecule has 5 nitrogen and oxygen atoms in total. The molecular formula is C4H9B3N2O3. The van der Waals surface area contributed by atoms with Crippen LogP contribution in [0.3, 0.4) is 0 Å². The lowest BCUT2D eigenvalue weighted by molar-refractivity contribution is 0.283. The molecule has 0 aromatic carbocycles. The van der Waals surface area contributed by atoms with Crippen molar-refractivity contribution in [2.45, 2.75) is 13.2 Å². The molecule has 0 radical (unpaired) electrons. The molecule has 1 aliphatic rings. The second-order valence-electron chi connectivity index (χ2n) is 2.23. The van der Waals surface area contributed by atoms with Crippen molar-refractivity contribution in [3.05, 3.63) is 0 Å². The highest BCUT2D eigenvalue weighted by molar-refractivity contribution is 6.72. The Morgan fingerprint density at radius 1 is 1.08 bits per heavy atom. The molecule has 1 rings (SSSR count). The molecule has 8 heteroatoms. The molecular weight excluding hydrogens is 156 g/mol. The van der Waals surface area contributed by atoms with Crippen LogP contribution in [0.5, 0.6) is 0 Å². The highest BCUT2D eigenvalue weighted by Crippen LogP contribution is 2.11. The third kappa shape index (κ3) is 2.20. The first kappa shape index (κ1) is 9.50. The molecule has 62 valence electrons. The molecule has 0 aromatic heterocycles. The molecule has 0 amide bonds. The summed E-state index contributed by atoms with van der Waals surface area (Å²) < 4.78 is 15.3. The Balaban J connectivity index is 2.51. The lowest BCUT2D eigenvalue weighted by atomic mass is 9.77. The molecule has 0 atom stereocenters. The van der Waals surface area contributed by atoms with Gasteiger partial charge in [-0.1, -0.05) is 6.92 Å². The van der Waals surface area contributed by atoms with Crippen LogP contribution in [-0.2, 0) is 13.7 Å². The van der Waals surface area contributed by atoms with E-state index in [9.17, 15) is 0 Å². The van der Waals surface area contributed by atoms with Crippen LogP contribution in [0.1, 0.15) is 6.92 Å². The standard InChI is InChI=1S/C4H9B3N2O3/c1-4-5-10-6(8-2)12-7(9-3)11-5/h2-4H2,1H3. The third-order valence-corrected chi connectivity index (χ3v) is 1.40. The van der Waals surface area contributed by atoms with Gasteiger partial charge in [0.1, 0.15) is 0 Å². The van der Waals surface area contributed by atoms with Gasteiger partial charge < -0.3 is 13.7 Å². The number of hydrogen-bond acceptors (Lipinski definition) is 5. The molecule has 12 heavy (non-hydrogen) atoms. The number of rotatable bonds is 3. The predicted molar refractivity (Wildman–Crippen MR) is 50.1 cm³/mol. The van der Waals surface area contributed by atoms with Crippen molar-refractivity contribution in [2.24, 2.45) is 9.81 Å². The molecule has 0 spiro atoms. The van der Waals surface area contributed by atoms with Crippen molar-refractivity contribution in [3.63, 3.8) is 0 Å². The van der Waals surface area contributed by atoms with E-state index in [-0.39, 0.29) is 7.12 Å². The van der Waals surface area contributed by atoms with Crippen LogP contribution in [0.2, 0.25) is 6.32 Å². The van der Waals surface area contributed by atoms with E-state index in [4.69, 9.17) is 13.7 Å². The average molecular weight is 166 g/mol. The van der Waals surface area contributed by atoms with Crippen molar-refractivity contribution < 1.29 is 13.7 Å². The van der Waals surface area contributed by atoms with Gasteiger partial charge in [-0.25, -0.2) is 0 Å². The van der Waals surface area contributed by atoms with Gasteiger partial charge in [0.2, 0.25) is 0 Å². The first-order chi connectivity index (χ1) is 5.80. The van der Waals surface area contributed by atoms with Crippen LogP contribution >= 0.6 is 0 Å². The maximum absolute atomic E-state index is 5.16. The molecule has 0 unspecified atom stereocenters. The van der Waals surface area contributed by atoms with E-state index in [1.807, 2.05) is 6.92 Å². The minimum absolute atomic E-state index is 0.343. The highest BCUT2D eigenvalue weighted by atomic mass is 16.7. The molecule has 1 aliphatic heterocycles. The maximum Gasteiger partial charge on any atom is 0.585 e. The van der Waals surface area contributed by atoms with Crippen LogP contribution in [0.4, 0.5) is 0 Å². The minimum Gasteiger partial charge on any atom is -0.431 e. The summed E-state index contributed by atoms with van der Waals surface area (Å²) in [6, 6.07) is 0. The van der Waals surface area contributed by atoms with Crippen molar-refractivity contribution in [1.82, 2.24) is 0 Å². The fourth-order valence-electron chi connectivity index (χ4n) is 0.820. The van der Waals surface area contributed by atoms with E-state index in [1.54, 1.807) is 0 Å². The fraction of sp³-hybridized carbons (Fsp3) is 0.500. The zero-order chi connectivity index (χ0) is 8.97. The lowest BCUT2D eigenvalue weighted by Crippen LogP contribution is -2.47. The summed E-state index contributed by atoms with van der Waals surface area (Å²) in [6.45, 7) is 8.54. The summed E-state index contributed by atoms with van der Waals surface area (Å²) in [6.07, 6.45) is 0.710. The van der Waals surface area contributed by atoms with Gasteiger partial charge in [-0.3, -0.25) is 9.81 Å². The largest absolute Gasteiger partial charge is 0.585 e. The molecule has 1 fully saturated rings. The Labute approximate surface area is 72.7 Å². The third-order valence-electron chi connectivity index (χ3n) is 1.40. The SMILES string of the molecule is C=NB1OB(CC)OB(N=C)O1. The quantitative estimate of drug-likeness (QED) is 0.435. The molecule has 0 N–H and O–H groups in total. The maximum atomic E-state index is 5.16. The van der Waals surface area contributed by atoms with Gasteiger partial charge >= 0.3 is 21.6 Å². The first-order valence-corrected chi connectivity index (χ1v) is 3.68. The van der Waals surface area contributed by atoms with E-state index in [1.165, 1.54) is 0 Å². The Morgan fingerprint density at radius 3 is 1.92 bits per heavy atom. The van der Waals surface area contributed by atoms with Crippen LogP contribution < -0.4 is 0 Å². The van der Waals surface area contributed by atoms with E-state index in [0.29, 0.717) is 6.32 Å². The monoisotopic (exact) mass is 166 g/mol. The van der Waals surface area contributed by atoms with E-state index >= 15 is 0 Å². The Bertz CT molecular complexity index is 165. The van der Waals surface area contributed by atoms with Gasteiger partial charge in [-0.2, -0.15) is 0 Å². The summed E-state index contributed by atoms with van der Waals surface area (Å²) in [5.41, 5.74) is 0. The van der Waals surface area contributed by atoms with Crippen molar-refractivity contribution >= 4 is 35.1 Å². The summed E-state index contributed by atoms with van der Waals surface area (Å²) >= 11 is 0. The van der Waals surface area contributed by atoms with Gasteiger partial charge in [-0.15, -0.1) is 0 Å². The molecule has 1 saturated heterocycles. The van der Waals surface area contributed by atoms with Crippen LogP contribution in [-0.4, -0.2) is 35.1 Å². The molecule has 0 bridgehead atoms. The van der Waals surface area contributed by atoms with E-state index < -0.39 is 14.5 Å². The molecule has 1 heterocycles. The Hall–Kier alpha value is -0.585. The highest BCUT2D eigenvalue weighted by Gasteiger charge is 2.40. The van der Waals surface area contributed by atoms with Crippen molar-refractivity contribution in [1.29, 1.82) is 0 Å². The van der Waals surface area contributed by atoms with Gasteiger partial charge in [0.05, 0.1) is 0 Å². The fourth-order valence-corrected chi connectivity index (χ4v) is 0.820. The van der Waals surface area contributed by atoms with Crippen molar-refractivity contribution in [3.8, 4) is 0 Å². The average Bonchev–Trinajstić information content (AvgIpc) is 2.16. The van der Waals surface area contributed by atoms with E-state index in [2.05, 4.69) is 23.2 Å². The van der Waals surface area contributed by atoms with Crippen LogP contribution in [0.15, 0.2) is 9.81 Å². The van der Waals surface area contributed by atoms with Gasteiger partial charge in [-0.05, 0) is 19.8 Å². The minimum atomic E-state index is -0.695. The van der Waals surface area contributed by atoms with Crippen LogP contribution in [0, 0.1) is 0 Å². The first-order valence-electron chi connectivity index (χ1n) is 3.68. The van der Waals surface area contributed by atoms with Gasteiger partial charge in [0.25, 0.3) is 0 Å². The number of hydrogen-bond donors (Lipinski definition) is 0. The molecule has 0 aromatic rings. The Morgan fingerprint density at radius 2 is 1.58 bits per heavy atom. The zero-order valence-electron chi connectivity index (χ0n) is 6.97. The molecule has 0 saturated carbocycles. The van der Waals surface area contributed by atoms with E-state index in [0.717, 1.165) is 0 Å². The second-order valence-corrected chi connectivity index (χ2v) is 2.23. The second kappa shape index (κ2) is 4.44. The summed E-state index contributed by atoms with van der Waals surface area (Å²) in [4.78, 5) is 7.16. The molecule has 0 aliphatic carbocycles. The van der Waals surface area contributed by atoms with Gasteiger partial charge in [0.15, 0.2) is 0 Å². The Kier molecular flexibility index (Phi) is 3.52. The zero-order valence-corrected chi connectivity index (χ0v) is 6.97. The predicted octanol–water partition coefficient (Wildman–Crippen LogP) is -0.0711. The van der Waals surface area contributed by atoms with Gasteiger partial charge in [0, 0.05) is 0 Å². The topological polar surface area (TPSA) is 52.4 Å².